The van der Waals surface area contributed by atoms with Crippen molar-refractivity contribution in [2.75, 3.05) is 24.1 Å². The van der Waals surface area contributed by atoms with E-state index in [9.17, 15) is 14.0 Å². The van der Waals surface area contributed by atoms with E-state index in [1.165, 1.54) is 37.4 Å². The summed E-state index contributed by atoms with van der Waals surface area (Å²) in [5, 5.41) is 9.35. The maximum Gasteiger partial charge on any atom is 0.263 e. The lowest BCUT2D eigenvalue weighted by Crippen LogP contribution is -2.40. The first kappa shape index (κ1) is 17.9. The second kappa shape index (κ2) is 6.59. The van der Waals surface area contributed by atoms with Crippen molar-refractivity contribution in [1.29, 1.82) is 0 Å². The van der Waals surface area contributed by atoms with Gasteiger partial charge in [0.05, 0.1) is 25.6 Å². The van der Waals surface area contributed by atoms with Gasteiger partial charge in [-0.3, -0.25) is 9.59 Å². The largest absolute Gasteiger partial charge is 0.497 e. The van der Waals surface area contributed by atoms with Gasteiger partial charge >= 0.3 is 0 Å². The Morgan fingerprint density at radius 1 is 0.964 bits per heavy atom. The van der Waals surface area contributed by atoms with Gasteiger partial charge in [-0.1, -0.05) is 11.3 Å². The molecule has 9 heteroatoms. The zero-order valence-electron chi connectivity index (χ0n) is 15.4. The summed E-state index contributed by atoms with van der Waals surface area (Å²) < 4.78 is 24.5. The van der Waals surface area contributed by atoms with Crippen molar-refractivity contribution >= 4 is 23.2 Å². The van der Waals surface area contributed by atoms with Gasteiger partial charge in [-0.15, -0.1) is 0 Å². The highest BCUT2D eigenvalue weighted by molar-refractivity contribution is 6.26. The van der Waals surface area contributed by atoms with Crippen LogP contribution in [0, 0.1) is 12.7 Å². The number of amides is 2. The Labute approximate surface area is 160 Å². The van der Waals surface area contributed by atoms with Crippen molar-refractivity contribution in [1.82, 2.24) is 0 Å². The van der Waals surface area contributed by atoms with Crippen molar-refractivity contribution in [3.63, 3.8) is 0 Å². The molecule has 4 rings (SSSR count). The number of ether oxygens (including phenoxy) is 2. The van der Waals surface area contributed by atoms with E-state index in [-0.39, 0.29) is 5.69 Å². The molecule has 2 atom stereocenters. The third kappa shape index (κ3) is 2.67. The summed E-state index contributed by atoms with van der Waals surface area (Å²) in [6, 6.07) is 7.28. The number of fused-ring (bicyclic) bond motifs is 1. The van der Waals surface area contributed by atoms with Crippen LogP contribution < -0.4 is 19.4 Å². The van der Waals surface area contributed by atoms with Gasteiger partial charge in [-0.25, -0.2) is 14.3 Å². The minimum atomic E-state index is -0.992. The second-order valence-corrected chi connectivity index (χ2v) is 6.46. The van der Waals surface area contributed by atoms with Crippen molar-refractivity contribution in [2.24, 2.45) is 10.3 Å². The zero-order chi connectivity index (χ0) is 20.0. The van der Waals surface area contributed by atoms with E-state index in [2.05, 4.69) is 10.3 Å². The first-order valence-corrected chi connectivity index (χ1v) is 8.51. The predicted molar refractivity (Wildman–Crippen MR) is 98.1 cm³/mol. The Morgan fingerprint density at radius 3 is 2.25 bits per heavy atom. The maximum absolute atomic E-state index is 14.0. The monoisotopic (exact) mass is 384 g/mol. The van der Waals surface area contributed by atoms with Crippen LogP contribution in [0.3, 0.4) is 0 Å². The maximum atomic E-state index is 14.0. The van der Waals surface area contributed by atoms with E-state index in [0.717, 1.165) is 4.90 Å². The van der Waals surface area contributed by atoms with Crippen LogP contribution in [0.15, 0.2) is 46.7 Å². The van der Waals surface area contributed by atoms with Gasteiger partial charge in [0.25, 0.3) is 11.8 Å². The normalized spacial score (nSPS) is 20.7. The molecular formula is C19H17FN4O4. The topological polar surface area (TPSA) is 83.8 Å². The lowest BCUT2D eigenvalue weighted by Gasteiger charge is -2.21. The number of anilines is 2. The molecule has 2 aromatic rings. The van der Waals surface area contributed by atoms with Gasteiger partial charge < -0.3 is 9.47 Å². The van der Waals surface area contributed by atoms with Gasteiger partial charge in [0.2, 0.25) is 0 Å². The highest BCUT2D eigenvalue weighted by Gasteiger charge is 2.55. The van der Waals surface area contributed by atoms with E-state index >= 15 is 0 Å². The van der Waals surface area contributed by atoms with Crippen LogP contribution in [0.2, 0.25) is 0 Å². The number of imide groups is 1. The fourth-order valence-electron chi connectivity index (χ4n) is 3.27. The van der Waals surface area contributed by atoms with E-state index < -0.39 is 29.7 Å². The van der Waals surface area contributed by atoms with Crippen LogP contribution in [0.4, 0.5) is 15.8 Å². The van der Waals surface area contributed by atoms with E-state index in [1.807, 2.05) is 0 Å². The molecular weight excluding hydrogens is 367 g/mol. The Bertz CT molecular complexity index is 987. The summed E-state index contributed by atoms with van der Waals surface area (Å²) in [7, 11) is 3.01. The van der Waals surface area contributed by atoms with Crippen LogP contribution in [0.1, 0.15) is 5.56 Å². The SMILES string of the molecule is COc1cc(OC)cc(N2N=NC3C(=O)N(c4ccc(C)c(F)c4)C(=O)C32)c1. The first-order chi connectivity index (χ1) is 13.4. The summed E-state index contributed by atoms with van der Waals surface area (Å²) in [5.74, 6) is -0.556. The molecule has 2 aliphatic rings. The number of methoxy groups -OCH3 is 2. The number of aryl methyl sites for hydroxylation is 1. The highest BCUT2D eigenvalue weighted by Crippen LogP contribution is 2.37. The molecule has 1 saturated heterocycles. The zero-order valence-corrected chi connectivity index (χ0v) is 15.4. The highest BCUT2D eigenvalue weighted by atomic mass is 19.1. The third-order valence-electron chi connectivity index (χ3n) is 4.80. The number of halogens is 1. The van der Waals surface area contributed by atoms with Crippen molar-refractivity contribution in [3.8, 4) is 11.5 Å². The number of benzene rings is 2. The van der Waals surface area contributed by atoms with Gasteiger partial charge in [0.1, 0.15) is 17.3 Å². The molecule has 0 N–H and O–H groups in total. The quantitative estimate of drug-likeness (QED) is 0.757. The number of rotatable bonds is 4. The fourth-order valence-corrected chi connectivity index (χ4v) is 3.27. The number of hydrogen-bond acceptors (Lipinski definition) is 7. The summed E-state index contributed by atoms with van der Waals surface area (Å²) in [6.07, 6.45) is 0. The van der Waals surface area contributed by atoms with Gasteiger partial charge in [0, 0.05) is 18.2 Å². The Hall–Kier alpha value is -3.49. The Balaban J connectivity index is 1.71. The number of carbonyl (C=O) groups is 2. The fraction of sp³-hybridized carbons (Fsp3) is 0.263. The van der Waals surface area contributed by atoms with E-state index in [1.54, 1.807) is 25.1 Å². The van der Waals surface area contributed by atoms with E-state index in [0.29, 0.717) is 22.7 Å². The molecule has 144 valence electrons. The Morgan fingerprint density at radius 2 is 1.64 bits per heavy atom. The molecule has 2 amide bonds. The molecule has 28 heavy (non-hydrogen) atoms. The summed E-state index contributed by atoms with van der Waals surface area (Å²) in [5.41, 5.74) is 1.09. The van der Waals surface area contributed by atoms with Crippen LogP contribution in [0.25, 0.3) is 0 Å². The second-order valence-electron chi connectivity index (χ2n) is 6.46. The molecule has 2 unspecified atom stereocenters. The molecule has 0 aromatic heterocycles. The lowest BCUT2D eigenvalue weighted by molar-refractivity contribution is -0.121. The third-order valence-corrected chi connectivity index (χ3v) is 4.80. The molecule has 2 heterocycles. The average Bonchev–Trinajstić information content (AvgIpc) is 3.24. The van der Waals surface area contributed by atoms with Gasteiger partial charge in [-0.2, -0.15) is 5.11 Å². The average molecular weight is 384 g/mol. The van der Waals surface area contributed by atoms with Crippen molar-refractivity contribution in [3.05, 3.63) is 47.8 Å². The van der Waals surface area contributed by atoms with Crippen LogP contribution in [0.5, 0.6) is 11.5 Å². The molecule has 0 bridgehead atoms. The van der Waals surface area contributed by atoms with Gasteiger partial charge in [-0.05, 0) is 24.6 Å². The molecule has 2 aliphatic heterocycles. The Kier molecular flexibility index (Phi) is 4.21. The smallest absolute Gasteiger partial charge is 0.263 e. The molecule has 0 spiro atoms. The standard InChI is InChI=1S/C19H17FN4O4/c1-10-4-5-11(8-15(10)20)23-18(25)16-17(19(23)26)24(22-21-16)12-6-13(27-2)9-14(7-12)28-3/h4-9,16-17H,1-3H3. The molecule has 8 nitrogen and oxygen atoms in total. The molecule has 1 fully saturated rings. The molecule has 2 aromatic carbocycles. The summed E-state index contributed by atoms with van der Waals surface area (Å²) in [6.45, 7) is 1.60. The minimum Gasteiger partial charge on any atom is -0.497 e. The number of nitrogens with zero attached hydrogens (tertiary/aromatic N) is 4. The first-order valence-electron chi connectivity index (χ1n) is 8.51. The predicted octanol–water partition coefficient (Wildman–Crippen LogP) is 2.65. The van der Waals surface area contributed by atoms with Crippen LogP contribution in [-0.2, 0) is 9.59 Å². The van der Waals surface area contributed by atoms with E-state index in [4.69, 9.17) is 9.47 Å². The van der Waals surface area contributed by atoms with Crippen LogP contribution in [-0.4, -0.2) is 38.1 Å². The minimum absolute atomic E-state index is 0.172. The van der Waals surface area contributed by atoms with Crippen LogP contribution >= 0.6 is 0 Å². The summed E-state index contributed by atoms with van der Waals surface area (Å²) >= 11 is 0. The van der Waals surface area contributed by atoms with Crippen molar-refractivity contribution < 1.29 is 23.5 Å². The molecule has 0 saturated carbocycles. The number of carbonyl (C=O) groups excluding carboxylic acids is 2. The molecule has 0 aliphatic carbocycles. The molecule has 0 radical (unpaired) electrons. The van der Waals surface area contributed by atoms with Crippen molar-refractivity contribution in [2.45, 2.75) is 19.0 Å². The number of hydrogen-bond donors (Lipinski definition) is 0. The van der Waals surface area contributed by atoms with Gasteiger partial charge in [0.15, 0.2) is 12.1 Å². The lowest BCUT2D eigenvalue weighted by atomic mass is 10.1. The summed E-state index contributed by atoms with van der Waals surface area (Å²) in [4.78, 5) is 26.8.